The highest BCUT2D eigenvalue weighted by molar-refractivity contribution is 5.97. The van der Waals surface area contributed by atoms with Gasteiger partial charge in [0.2, 0.25) is 0 Å². The van der Waals surface area contributed by atoms with Crippen molar-refractivity contribution in [1.82, 2.24) is 9.80 Å². The summed E-state index contributed by atoms with van der Waals surface area (Å²) in [6, 6.07) is 3.99. The molecule has 0 unspecified atom stereocenters. The minimum absolute atomic E-state index is 0.0230. The first kappa shape index (κ1) is 15.3. The second kappa shape index (κ2) is 6.99. The average molecular weight is 266 g/mol. The van der Waals surface area contributed by atoms with Crippen molar-refractivity contribution in [3.63, 3.8) is 0 Å². The van der Waals surface area contributed by atoms with Crippen molar-refractivity contribution in [2.45, 2.75) is 13.3 Å². The number of likely N-dealkylation sites (N-methyl/N-ethyl adjacent to an activating group) is 1. The fraction of sp³-hybridized carbons (Fsp3) is 0.500. The molecule has 1 aromatic rings. The number of hydrogen-bond acceptors (Lipinski definition) is 4. The lowest BCUT2D eigenvalue weighted by Crippen LogP contribution is -2.37. The zero-order valence-corrected chi connectivity index (χ0v) is 11.8. The number of hydrogen-bond donors (Lipinski definition) is 2. The predicted molar refractivity (Wildman–Crippen MR) is 74.5 cm³/mol. The van der Waals surface area contributed by atoms with Crippen molar-refractivity contribution in [2.24, 2.45) is 0 Å². The summed E-state index contributed by atoms with van der Waals surface area (Å²) in [5.41, 5.74) is 0.146. The summed E-state index contributed by atoms with van der Waals surface area (Å²) >= 11 is 0. The van der Waals surface area contributed by atoms with Gasteiger partial charge >= 0.3 is 0 Å². The third kappa shape index (κ3) is 4.44. The van der Waals surface area contributed by atoms with Crippen molar-refractivity contribution < 1.29 is 15.0 Å². The molecule has 0 saturated carbocycles. The van der Waals surface area contributed by atoms with Crippen LogP contribution < -0.4 is 0 Å². The Bertz CT molecular complexity index is 433. The topological polar surface area (TPSA) is 64.0 Å². The average Bonchev–Trinajstić information content (AvgIpc) is 2.36. The van der Waals surface area contributed by atoms with Crippen molar-refractivity contribution in [1.29, 1.82) is 0 Å². The predicted octanol–water partition coefficient (Wildman–Crippen LogP) is 1.51. The van der Waals surface area contributed by atoms with Crippen molar-refractivity contribution in [2.75, 3.05) is 33.7 Å². The van der Waals surface area contributed by atoms with E-state index in [4.69, 9.17) is 0 Å². The molecule has 0 atom stereocenters. The van der Waals surface area contributed by atoms with Gasteiger partial charge in [-0.3, -0.25) is 4.79 Å². The van der Waals surface area contributed by atoms with E-state index < -0.39 is 0 Å². The van der Waals surface area contributed by atoms with Gasteiger partial charge in [0.1, 0.15) is 11.5 Å². The van der Waals surface area contributed by atoms with Crippen LogP contribution in [0, 0.1) is 0 Å². The molecule has 5 heteroatoms. The molecule has 0 aliphatic heterocycles. The summed E-state index contributed by atoms with van der Waals surface area (Å²) < 4.78 is 0. The van der Waals surface area contributed by atoms with Crippen LogP contribution in [0.15, 0.2) is 18.2 Å². The fourth-order valence-corrected chi connectivity index (χ4v) is 1.77. The Labute approximate surface area is 114 Å². The van der Waals surface area contributed by atoms with Crippen LogP contribution >= 0.6 is 0 Å². The molecule has 1 aromatic carbocycles. The maximum absolute atomic E-state index is 12.4. The van der Waals surface area contributed by atoms with Crippen LogP contribution in [-0.2, 0) is 0 Å². The first-order valence-electron chi connectivity index (χ1n) is 6.41. The molecule has 0 radical (unpaired) electrons. The second-order valence-electron chi connectivity index (χ2n) is 4.80. The third-order valence-corrected chi connectivity index (χ3v) is 2.81. The van der Waals surface area contributed by atoms with Crippen molar-refractivity contribution in [3.8, 4) is 11.5 Å². The van der Waals surface area contributed by atoms with Gasteiger partial charge in [0.25, 0.3) is 5.91 Å². The Morgan fingerprint density at radius 2 is 1.84 bits per heavy atom. The molecule has 0 bridgehead atoms. The minimum Gasteiger partial charge on any atom is -0.508 e. The van der Waals surface area contributed by atoms with E-state index in [0.717, 1.165) is 13.0 Å². The van der Waals surface area contributed by atoms with Gasteiger partial charge in [-0.2, -0.15) is 0 Å². The molecule has 0 aliphatic carbocycles. The van der Waals surface area contributed by atoms with Crippen LogP contribution in [0.5, 0.6) is 11.5 Å². The van der Waals surface area contributed by atoms with E-state index >= 15 is 0 Å². The molecule has 0 aliphatic rings. The number of phenolic OH excluding ortho intramolecular Hbond substituents is 2. The molecule has 0 saturated heterocycles. The summed E-state index contributed by atoms with van der Waals surface area (Å²) in [5, 5.41) is 19.2. The van der Waals surface area contributed by atoms with E-state index in [1.54, 1.807) is 4.90 Å². The number of rotatable bonds is 6. The summed E-state index contributed by atoms with van der Waals surface area (Å²) in [6.07, 6.45) is 0.846. The highest BCUT2D eigenvalue weighted by Crippen LogP contribution is 2.23. The molecule has 106 valence electrons. The molecule has 0 fully saturated rings. The first-order chi connectivity index (χ1) is 8.95. The van der Waals surface area contributed by atoms with Gasteiger partial charge in [-0.15, -0.1) is 0 Å². The lowest BCUT2D eigenvalue weighted by Gasteiger charge is -2.24. The van der Waals surface area contributed by atoms with E-state index in [-0.39, 0.29) is 23.0 Å². The van der Waals surface area contributed by atoms with E-state index in [9.17, 15) is 15.0 Å². The highest BCUT2D eigenvalue weighted by atomic mass is 16.3. The Balaban J connectivity index is 2.88. The fourth-order valence-electron chi connectivity index (χ4n) is 1.77. The van der Waals surface area contributed by atoms with Gasteiger partial charge < -0.3 is 20.0 Å². The quantitative estimate of drug-likeness (QED) is 0.766. The van der Waals surface area contributed by atoms with Crippen LogP contribution in [0.3, 0.4) is 0 Å². The normalized spacial score (nSPS) is 10.7. The Hall–Kier alpha value is -1.75. The molecular weight excluding hydrogens is 244 g/mol. The standard InChI is InChI=1S/C14H22N2O3/c1-4-7-16(9-8-15(2)3)14(19)12-10-11(17)5-6-13(12)18/h5-6,10,17-18H,4,7-9H2,1-3H3. The van der Waals surface area contributed by atoms with Crippen molar-refractivity contribution in [3.05, 3.63) is 23.8 Å². The number of carbonyl (C=O) groups excluding carboxylic acids is 1. The zero-order chi connectivity index (χ0) is 14.4. The highest BCUT2D eigenvalue weighted by Gasteiger charge is 2.18. The largest absolute Gasteiger partial charge is 0.508 e. The Morgan fingerprint density at radius 1 is 1.16 bits per heavy atom. The molecule has 0 spiro atoms. The van der Waals surface area contributed by atoms with Gasteiger partial charge in [0.15, 0.2) is 0 Å². The van der Waals surface area contributed by atoms with Crippen molar-refractivity contribution >= 4 is 5.91 Å². The maximum atomic E-state index is 12.4. The molecule has 1 rings (SSSR count). The van der Waals surface area contributed by atoms with E-state index in [1.165, 1.54) is 18.2 Å². The van der Waals surface area contributed by atoms with Crippen LogP contribution in [0.25, 0.3) is 0 Å². The number of aromatic hydroxyl groups is 2. The van der Waals surface area contributed by atoms with E-state index in [0.29, 0.717) is 13.1 Å². The minimum atomic E-state index is -0.253. The number of amides is 1. The Morgan fingerprint density at radius 3 is 2.42 bits per heavy atom. The number of carbonyl (C=O) groups is 1. The molecule has 1 amide bonds. The maximum Gasteiger partial charge on any atom is 0.257 e. The van der Waals surface area contributed by atoms with Crippen LogP contribution in [0.4, 0.5) is 0 Å². The van der Waals surface area contributed by atoms with Crippen LogP contribution in [-0.4, -0.2) is 59.6 Å². The SMILES string of the molecule is CCCN(CCN(C)C)C(=O)c1cc(O)ccc1O. The van der Waals surface area contributed by atoms with E-state index in [1.807, 2.05) is 25.9 Å². The van der Waals surface area contributed by atoms with Gasteiger partial charge in [-0.05, 0) is 38.7 Å². The number of nitrogens with zero attached hydrogens (tertiary/aromatic N) is 2. The summed E-state index contributed by atoms with van der Waals surface area (Å²) in [4.78, 5) is 16.0. The van der Waals surface area contributed by atoms with E-state index in [2.05, 4.69) is 0 Å². The Kier molecular flexibility index (Phi) is 5.63. The van der Waals surface area contributed by atoms with Crippen LogP contribution in [0.2, 0.25) is 0 Å². The molecular formula is C14H22N2O3. The zero-order valence-electron chi connectivity index (χ0n) is 11.8. The monoisotopic (exact) mass is 266 g/mol. The lowest BCUT2D eigenvalue weighted by molar-refractivity contribution is 0.0741. The molecule has 5 nitrogen and oxygen atoms in total. The third-order valence-electron chi connectivity index (χ3n) is 2.81. The van der Waals surface area contributed by atoms with Gasteiger partial charge in [-0.25, -0.2) is 0 Å². The second-order valence-corrected chi connectivity index (χ2v) is 4.80. The molecule has 19 heavy (non-hydrogen) atoms. The molecule has 0 heterocycles. The molecule has 2 N–H and O–H groups in total. The number of phenols is 2. The molecule has 0 aromatic heterocycles. The first-order valence-corrected chi connectivity index (χ1v) is 6.41. The summed E-state index contributed by atoms with van der Waals surface area (Å²) in [6.45, 7) is 3.97. The summed E-state index contributed by atoms with van der Waals surface area (Å²) in [5.74, 6) is -0.379. The lowest BCUT2D eigenvalue weighted by atomic mass is 10.1. The smallest absolute Gasteiger partial charge is 0.257 e. The van der Waals surface area contributed by atoms with Crippen LogP contribution in [0.1, 0.15) is 23.7 Å². The van der Waals surface area contributed by atoms with Gasteiger partial charge in [0.05, 0.1) is 5.56 Å². The number of benzene rings is 1. The van der Waals surface area contributed by atoms with Gasteiger partial charge in [0, 0.05) is 19.6 Å². The van der Waals surface area contributed by atoms with Gasteiger partial charge in [-0.1, -0.05) is 6.92 Å². The summed E-state index contributed by atoms with van der Waals surface area (Å²) in [7, 11) is 3.89.